The highest BCUT2D eigenvalue weighted by Gasteiger charge is 2.18. The molecule has 0 unspecified atom stereocenters. The normalized spacial score (nSPS) is 10.9. The molecule has 0 heterocycles. The Kier molecular flexibility index (Phi) is 11.4. The first-order chi connectivity index (χ1) is 21.7. The fraction of sp³-hybridized carbons (Fsp3) is 0.121. The van der Waals surface area contributed by atoms with Crippen LogP contribution in [0.25, 0.3) is 6.08 Å². The number of carbonyl (C=O) groups is 3. The Hall–Kier alpha value is -5.00. The van der Waals surface area contributed by atoms with Gasteiger partial charge in [0.15, 0.2) is 11.5 Å². The number of amides is 3. The Morgan fingerprint density at radius 2 is 1.51 bits per heavy atom. The number of hydrogen-bond acceptors (Lipinski definition) is 7. The van der Waals surface area contributed by atoms with Gasteiger partial charge in [0.25, 0.3) is 11.8 Å². The molecule has 0 radical (unpaired) electrons. The molecule has 9 nitrogen and oxygen atoms in total. The average Bonchev–Trinajstić information content (AvgIpc) is 3.05. The molecule has 0 aliphatic carbocycles. The van der Waals surface area contributed by atoms with Crippen LogP contribution in [0.4, 0.5) is 15.8 Å². The summed E-state index contributed by atoms with van der Waals surface area (Å²) in [7, 11) is 4.43. The van der Waals surface area contributed by atoms with Crippen molar-refractivity contribution >= 4 is 58.5 Å². The molecule has 0 aliphatic rings. The van der Waals surface area contributed by atoms with Crippen LogP contribution in [0.2, 0.25) is 5.02 Å². The monoisotopic (exact) mass is 649 g/mol. The number of hydrogen-bond donors (Lipinski definition) is 3. The van der Waals surface area contributed by atoms with Crippen molar-refractivity contribution in [3.63, 3.8) is 0 Å². The summed E-state index contributed by atoms with van der Waals surface area (Å²) in [6.45, 7) is 0. The van der Waals surface area contributed by atoms with Crippen LogP contribution in [0.5, 0.6) is 17.2 Å². The van der Waals surface area contributed by atoms with Crippen molar-refractivity contribution in [1.82, 2.24) is 5.32 Å². The molecule has 0 aliphatic heterocycles. The average molecular weight is 650 g/mol. The van der Waals surface area contributed by atoms with Gasteiger partial charge < -0.3 is 30.2 Å². The summed E-state index contributed by atoms with van der Waals surface area (Å²) in [5.41, 5.74) is 1.62. The fourth-order valence-electron chi connectivity index (χ4n) is 4.08. The lowest BCUT2D eigenvalue weighted by Gasteiger charge is -2.15. The smallest absolute Gasteiger partial charge is 0.272 e. The van der Waals surface area contributed by atoms with E-state index in [0.29, 0.717) is 44.6 Å². The molecule has 0 saturated heterocycles. The van der Waals surface area contributed by atoms with Crippen molar-refractivity contribution in [3.8, 4) is 17.2 Å². The number of nitrogens with one attached hydrogen (secondary N) is 3. The molecule has 0 atom stereocenters. The fourth-order valence-corrected chi connectivity index (χ4v) is 5.01. The van der Waals surface area contributed by atoms with E-state index in [1.165, 1.54) is 57.4 Å². The minimum absolute atomic E-state index is 0.0474. The summed E-state index contributed by atoms with van der Waals surface area (Å²) in [6.07, 6.45) is 1.49. The van der Waals surface area contributed by atoms with Gasteiger partial charge in [-0.3, -0.25) is 14.4 Å². The molecule has 4 aromatic rings. The molecule has 3 N–H and O–H groups in total. The van der Waals surface area contributed by atoms with Crippen LogP contribution in [-0.4, -0.2) is 44.8 Å². The summed E-state index contributed by atoms with van der Waals surface area (Å²) in [5, 5.41) is 8.07. The minimum Gasteiger partial charge on any atom is -0.493 e. The Bertz CT molecular complexity index is 1710. The van der Waals surface area contributed by atoms with Crippen LogP contribution in [0, 0.1) is 5.82 Å². The van der Waals surface area contributed by atoms with Crippen LogP contribution >= 0.6 is 23.4 Å². The van der Waals surface area contributed by atoms with Gasteiger partial charge in [-0.25, -0.2) is 4.39 Å². The van der Waals surface area contributed by atoms with Gasteiger partial charge in [-0.2, -0.15) is 0 Å². The zero-order valence-corrected chi connectivity index (χ0v) is 26.1. The van der Waals surface area contributed by atoms with Crippen LogP contribution in [0.1, 0.15) is 15.9 Å². The third kappa shape index (κ3) is 9.01. The van der Waals surface area contributed by atoms with Gasteiger partial charge in [0.2, 0.25) is 11.7 Å². The van der Waals surface area contributed by atoms with E-state index < -0.39 is 17.6 Å². The number of thioether (sulfide) groups is 1. The molecule has 4 rings (SSSR count). The van der Waals surface area contributed by atoms with Gasteiger partial charge >= 0.3 is 0 Å². The molecule has 0 bridgehead atoms. The highest BCUT2D eigenvalue weighted by atomic mass is 35.5. The predicted molar refractivity (Wildman–Crippen MR) is 174 cm³/mol. The van der Waals surface area contributed by atoms with Crippen LogP contribution in [0.15, 0.2) is 95.5 Å². The van der Waals surface area contributed by atoms with E-state index in [-0.39, 0.29) is 22.4 Å². The van der Waals surface area contributed by atoms with Crippen molar-refractivity contribution in [1.29, 1.82) is 0 Å². The number of ether oxygens (including phenoxy) is 3. The van der Waals surface area contributed by atoms with Crippen molar-refractivity contribution in [2.45, 2.75) is 4.90 Å². The van der Waals surface area contributed by atoms with Gasteiger partial charge in [-0.05, 0) is 72.3 Å². The molecule has 12 heteroatoms. The van der Waals surface area contributed by atoms with Gasteiger partial charge in [-0.1, -0.05) is 35.9 Å². The largest absolute Gasteiger partial charge is 0.493 e. The molecule has 4 aromatic carbocycles. The minimum atomic E-state index is -0.596. The van der Waals surface area contributed by atoms with Crippen LogP contribution in [0.3, 0.4) is 0 Å². The van der Waals surface area contributed by atoms with Gasteiger partial charge in [0.1, 0.15) is 11.5 Å². The number of anilines is 2. The van der Waals surface area contributed by atoms with E-state index >= 15 is 0 Å². The lowest BCUT2D eigenvalue weighted by atomic mass is 10.1. The van der Waals surface area contributed by atoms with Gasteiger partial charge in [0.05, 0.1) is 32.1 Å². The van der Waals surface area contributed by atoms with E-state index in [4.69, 9.17) is 25.8 Å². The van der Waals surface area contributed by atoms with E-state index in [2.05, 4.69) is 16.0 Å². The first-order valence-electron chi connectivity index (χ1n) is 13.4. The Balaban J connectivity index is 1.53. The van der Waals surface area contributed by atoms with E-state index in [1.54, 1.807) is 66.7 Å². The highest BCUT2D eigenvalue weighted by Crippen LogP contribution is 2.38. The number of rotatable bonds is 12. The quantitative estimate of drug-likeness (QED) is 0.116. The van der Waals surface area contributed by atoms with Crippen LogP contribution < -0.4 is 30.2 Å². The lowest BCUT2D eigenvalue weighted by Crippen LogP contribution is -2.30. The molecule has 3 amide bonds. The van der Waals surface area contributed by atoms with Crippen molar-refractivity contribution in [3.05, 3.63) is 113 Å². The first kappa shape index (κ1) is 32.9. The molecule has 0 fully saturated rings. The van der Waals surface area contributed by atoms with Crippen molar-refractivity contribution < 1.29 is 33.0 Å². The summed E-state index contributed by atoms with van der Waals surface area (Å²) in [6, 6.07) is 22.6. The van der Waals surface area contributed by atoms with E-state index in [1.807, 2.05) is 0 Å². The molecule has 0 saturated carbocycles. The maximum Gasteiger partial charge on any atom is 0.272 e. The number of carbonyl (C=O) groups excluding carboxylic acids is 3. The molecular weight excluding hydrogens is 621 g/mol. The zero-order chi connectivity index (χ0) is 32.3. The maximum absolute atomic E-state index is 13.6. The molecule has 232 valence electrons. The third-order valence-corrected chi connectivity index (χ3v) is 7.48. The number of methoxy groups -OCH3 is 3. The predicted octanol–water partition coefficient (Wildman–Crippen LogP) is 6.65. The van der Waals surface area contributed by atoms with Gasteiger partial charge in [-0.15, -0.1) is 11.8 Å². The first-order valence-corrected chi connectivity index (χ1v) is 14.7. The summed E-state index contributed by atoms with van der Waals surface area (Å²) >= 11 is 7.02. The van der Waals surface area contributed by atoms with Crippen LogP contribution in [-0.2, 0) is 9.59 Å². The van der Waals surface area contributed by atoms with Crippen molar-refractivity contribution in [2.75, 3.05) is 37.7 Å². The standard InChI is InChI=1S/C33H29ClFN3O6S/c1-42-28-15-20(16-29(43-2)31(28)44-3)14-27(38-32(40)21-8-5-4-6-9-21)33(41)37-22-10-7-11-24(17-22)45-19-30(39)36-23-12-13-26(35)25(34)18-23/h4-18H,19H2,1-3H3,(H,36,39)(H,37,41)(H,38,40)/b27-14+. The molecular formula is C33H29ClFN3O6S. The number of halogens is 2. The zero-order valence-electron chi connectivity index (χ0n) is 24.5. The lowest BCUT2D eigenvalue weighted by molar-refractivity contribution is -0.114. The van der Waals surface area contributed by atoms with Crippen molar-refractivity contribution in [2.24, 2.45) is 0 Å². The summed E-state index contributed by atoms with van der Waals surface area (Å²) < 4.78 is 29.7. The SMILES string of the molecule is COc1cc(/C=C(/NC(=O)c2ccccc2)C(=O)Nc2cccc(SCC(=O)Nc3ccc(F)c(Cl)c3)c2)cc(OC)c1OC. The third-order valence-electron chi connectivity index (χ3n) is 6.19. The topological polar surface area (TPSA) is 115 Å². The summed E-state index contributed by atoms with van der Waals surface area (Å²) in [5.74, 6) is -0.821. The van der Waals surface area contributed by atoms with Gasteiger partial charge in [0, 0.05) is 21.8 Å². The summed E-state index contributed by atoms with van der Waals surface area (Å²) in [4.78, 5) is 39.8. The second-order valence-corrected chi connectivity index (χ2v) is 10.7. The Morgan fingerprint density at radius 3 is 2.16 bits per heavy atom. The Morgan fingerprint density at radius 1 is 0.822 bits per heavy atom. The molecule has 45 heavy (non-hydrogen) atoms. The maximum atomic E-state index is 13.6. The second-order valence-electron chi connectivity index (χ2n) is 9.28. The van der Waals surface area contributed by atoms with E-state index in [9.17, 15) is 18.8 Å². The van der Waals surface area contributed by atoms with E-state index in [0.717, 1.165) is 0 Å². The molecule has 0 aromatic heterocycles. The Labute approximate surface area is 268 Å². The highest BCUT2D eigenvalue weighted by molar-refractivity contribution is 8.00. The number of benzene rings is 4. The molecule has 0 spiro atoms. The second kappa shape index (κ2) is 15.6.